The molecule has 3 nitrogen and oxygen atoms in total. The lowest BCUT2D eigenvalue weighted by Gasteiger charge is -2.09. The van der Waals surface area contributed by atoms with Crippen molar-refractivity contribution in [2.24, 2.45) is 0 Å². The second-order valence-corrected chi connectivity index (χ2v) is 4.96. The number of hydrogen-bond acceptors (Lipinski definition) is 3. The number of methoxy groups -OCH3 is 2. The first kappa shape index (κ1) is 16.1. The lowest BCUT2D eigenvalue weighted by molar-refractivity contribution is 0.354. The van der Waals surface area contributed by atoms with E-state index < -0.39 is 0 Å². The molecule has 2 aromatic carbocycles. The molecule has 0 atom stereocenters. The summed E-state index contributed by atoms with van der Waals surface area (Å²) in [5.74, 6) is 1.55. The maximum Gasteiger partial charge on any atom is 0.160 e. The van der Waals surface area contributed by atoms with Crippen LogP contribution in [-0.4, -0.2) is 27.3 Å². The van der Waals surface area contributed by atoms with Crippen LogP contribution in [0, 0.1) is 0 Å². The number of benzene rings is 2. The molecule has 0 heterocycles. The van der Waals surface area contributed by atoms with Gasteiger partial charge in [-0.2, -0.15) is 0 Å². The average molecular weight is 297 g/mol. The molecule has 0 aromatic heterocycles. The number of hydrogen-bond donors (Lipinski definition) is 1. The normalized spacial score (nSPS) is 10.8. The fourth-order valence-corrected chi connectivity index (χ4v) is 2.21. The Labute approximate surface area is 132 Å². The Bertz CT molecular complexity index is 594. The Morgan fingerprint density at radius 1 is 0.955 bits per heavy atom. The molecular weight excluding hydrogens is 274 g/mol. The zero-order chi connectivity index (χ0) is 15.6. The minimum Gasteiger partial charge on any atom is -0.493 e. The van der Waals surface area contributed by atoms with Crippen molar-refractivity contribution >= 4 is 6.08 Å². The van der Waals surface area contributed by atoms with Gasteiger partial charge in [0.1, 0.15) is 0 Å². The van der Waals surface area contributed by atoms with Crippen LogP contribution in [0.25, 0.3) is 6.08 Å². The van der Waals surface area contributed by atoms with E-state index in [1.54, 1.807) is 14.2 Å². The van der Waals surface area contributed by atoms with Gasteiger partial charge in [-0.1, -0.05) is 48.6 Å². The minimum absolute atomic E-state index is 0.769. The summed E-state index contributed by atoms with van der Waals surface area (Å²) >= 11 is 0. The van der Waals surface area contributed by atoms with Crippen LogP contribution in [0.15, 0.2) is 54.6 Å². The molecule has 116 valence electrons. The van der Waals surface area contributed by atoms with Gasteiger partial charge in [0.05, 0.1) is 14.2 Å². The van der Waals surface area contributed by atoms with Gasteiger partial charge >= 0.3 is 0 Å². The zero-order valence-electron chi connectivity index (χ0n) is 13.2. The highest BCUT2D eigenvalue weighted by atomic mass is 16.5. The van der Waals surface area contributed by atoms with E-state index in [2.05, 4.69) is 35.7 Å². The van der Waals surface area contributed by atoms with E-state index >= 15 is 0 Å². The molecule has 22 heavy (non-hydrogen) atoms. The molecule has 0 saturated carbocycles. The summed E-state index contributed by atoms with van der Waals surface area (Å²) in [5.41, 5.74) is 2.46. The van der Waals surface area contributed by atoms with Crippen LogP contribution in [0.4, 0.5) is 0 Å². The van der Waals surface area contributed by atoms with Gasteiger partial charge in [0, 0.05) is 6.54 Å². The molecule has 0 radical (unpaired) electrons. The summed E-state index contributed by atoms with van der Waals surface area (Å²) in [5, 5.41) is 3.41. The quantitative estimate of drug-likeness (QED) is 0.756. The van der Waals surface area contributed by atoms with Crippen LogP contribution >= 0.6 is 0 Å². The zero-order valence-corrected chi connectivity index (χ0v) is 13.2. The summed E-state index contributed by atoms with van der Waals surface area (Å²) in [4.78, 5) is 0. The van der Waals surface area contributed by atoms with E-state index in [0.29, 0.717) is 0 Å². The number of nitrogens with one attached hydrogen (secondary N) is 1. The highest BCUT2D eigenvalue weighted by molar-refractivity contribution is 5.48. The monoisotopic (exact) mass is 297 g/mol. The summed E-state index contributed by atoms with van der Waals surface area (Å²) < 4.78 is 10.6. The molecule has 2 rings (SSSR count). The SMILES string of the molecule is COc1ccc(CCNC/C=C/c2ccccc2)cc1OC. The van der Waals surface area contributed by atoms with Gasteiger partial charge in [-0.15, -0.1) is 0 Å². The van der Waals surface area contributed by atoms with Crippen molar-refractivity contribution in [2.45, 2.75) is 6.42 Å². The average Bonchev–Trinajstić information content (AvgIpc) is 2.58. The number of ether oxygens (including phenoxy) is 2. The molecule has 0 spiro atoms. The smallest absolute Gasteiger partial charge is 0.160 e. The third kappa shape index (κ3) is 4.93. The third-order valence-electron chi connectivity index (χ3n) is 3.41. The van der Waals surface area contributed by atoms with Crippen LogP contribution in [0.1, 0.15) is 11.1 Å². The fraction of sp³-hybridized carbons (Fsp3) is 0.263. The van der Waals surface area contributed by atoms with Crippen molar-refractivity contribution in [1.82, 2.24) is 5.32 Å². The second kappa shape index (κ2) is 8.90. The molecule has 2 aromatic rings. The molecule has 0 aliphatic heterocycles. The van der Waals surface area contributed by atoms with Crippen molar-refractivity contribution in [2.75, 3.05) is 27.3 Å². The summed E-state index contributed by atoms with van der Waals surface area (Å²) in [6, 6.07) is 16.4. The number of rotatable bonds is 8. The Hall–Kier alpha value is -2.26. The van der Waals surface area contributed by atoms with Gasteiger partial charge in [-0.3, -0.25) is 0 Å². The van der Waals surface area contributed by atoms with Crippen LogP contribution in [0.3, 0.4) is 0 Å². The van der Waals surface area contributed by atoms with Crippen molar-refractivity contribution in [3.05, 3.63) is 65.7 Å². The molecule has 0 aliphatic carbocycles. The first-order valence-electron chi connectivity index (χ1n) is 7.46. The van der Waals surface area contributed by atoms with E-state index in [0.717, 1.165) is 31.0 Å². The largest absolute Gasteiger partial charge is 0.493 e. The molecule has 3 heteroatoms. The third-order valence-corrected chi connectivity index (χ3v) is 3.41. The Kier molecular flexibility index (Phi) is 6.52. The molecule has 0 saturated heterocycles. The highest BCUT2D eigenvalue weighted by Crippen LogP contribution is 2.27. The van der Waals surface area contributed by atoms with Gasteiger partial charge in [0.2, 0.25) is 0 Å². The predicted molar refractivity (Wildman–Crippen MR) is 91.6 cm³/mol. The molecule has 0 bridgehead atoms. The predicted octanol–water partition coefficient (Wildman–Crippen LogP) is 3.55. The van der Waals surface area contributed by atoms with E-state index in [1.807, 2.05) is 30.3 Å². The van der Waals surface area contributed by atoms with Crippen molar-refractivity contribution < 1.29 is 9.47 Å². The van der Waals surface area contributed by atoms with Gasteiger partial charge in [0.25, 0.3) is 0 Å². The van der Waals surface area contributed by atoms with Crippen LogP contribution in [0.2, 0.25) is 0 Å². The van der Waals surface area contributed by atoms with Gasteiger partial charge in [0.15, 0.2) is 11.5 Å². The van der Waals surface area contributed by atoms with Crippen molar-refractivity contribution in [3.8, 4) is 11.5 Å². The highest BCUT2D eigenvalue weighted by Gasteiger charge is 2.03. The van der Waals surface area contributed by atoms with E-state index in [4.69, 9.17) is 9.47 Å². The van der Waals surface area contributed by atoms with Crippen molar-refractivity contribution in [3.63, 3.8) is 0 Å². The molecule has 1 N–H and O–H groups in total. The first-order valence-corrected chi connectivity index (χ1v) is 7.46. The van der Waals surface area contributed by atoms with Crippen LogP contribution in [0.5, 0.6) is 11.5 Å². The Morgan fingerprint density at radius 2 is 1.73 bits per heavy atom. The summed E-state index contributed by atoms with van der Waals surface area (Å²) in [6.07, 6.45) is 5.23. The Balaban J connectivity index is 1.74. The van der Waals surface area contributed by atoms with Crippen LogP contribution in [-0.2, 0) is 6.42 Å². The summed E-state index contributed by atoms with van der Waals surface area (Å²) in [6.45, 7) is 1.79. The van der Waals surface area contributed by atoms with Crippen LogP contribution < -0.4 is 14.8 Å². The molecule has 0 amide bonds. The summed E-state index contributed by atoms with van der Waals surface area (Å²) in [7, 11) is 3.31. The second-order valence-electron chi connectivity index (χ2n) is 4.96. The van der Waals surface area contributed by atoms with Gasteiger partial charge < -0.3 is 14.8 Å². The lowest BCUT2D eigenvalue weighted by Crippen LogP contribution is -2.16. The topological polar surface area (TPSA) is 30.5 Å². The minimum atomic E-state index is 0.769. The molecule has 0 aliphatic rings. The molecular formula is C19H23NO2. The standard InChI is InChI=1S/C19H23NO2/c1-21-18-11-10-17(15-19(18)22-2)12-14-20-13-6-9-16-7-4-3-5-8-16/h3-11,15,20H,12-14H2,1-2H3/b9-6+. The lowest BCUT2D eigenvalue weighted by atomic mass is 10.1. The Morgan fingerprint density at radius 3 is 2.45 bits per heavy atom. The van der Waals surface area contributed by atoms with E-state index in [1.165, 1.54) is 11.1 Å². The maximum absolute atomic E-state index is 5.31. The first-order chi connectivity index (χ1) is 10.8. The van der Waals surface area contributed by atoms with Gasteiger partial charge in [-0.05, 0) is 36.2 Å². The van der Waals surface area contributed by atoms with Gasteiger partial charge in [-0.25, -0.2) is 0 Å². The van der Waals surface area contributed by atoms with E-state index in [-0.39, 0.29) is 0 Å². The van der Waals surface area contributed by atoms with E-state index in [9.17, 15) is 0 Å². The molecule has 0 unspecified atom stereocenters. The molecule has 0 fully saturated rings. The van der Waals surface area contributed by atoms with Crippen molar-refractivity contribution in [1.29, 1.82) is 0 Å². The fourth-order valence-electron chi connectivity index (χ4n) is 2.21. The maximum atomic E-state index is 5.31.